The van der Waals surface area contributed by atoms with Crippen molar-refractivity contribution < 1.29 is 4.79 Å². The monoisotopic (exact) mass is 278 g/mol. The molecule has 0 saturated heterocycles. The highest BCUT2D eigenvalue weighted by molar-refractivity contribution is 7.00. The Hall–Kier alpha value is -1.53. The zero-order chi connectivity index (χ0) is 13.7. The average Bonchev–Trinajstić information content (AvgIpc) is 2.84. The first-order chi connectivity index (χ1) is 9.19. The van der Waals surface area contributed by atoms with E-state index in [0.29, 0.717) is 13.0 Å². The van der Waals surface area contributed by atoms with Crippen LogP contribution in [-0.2, 0) is 11.3 Å². The van der Waals surface area contributed by atoms with Crippen molar-refractivity contribution >= 4 is 28.7 Å². The van der Waals surface area contributed by atoms with Crippen LogP contribution in [0.25, 0.3) is 11.0 Å². The fraction of sp³-hybridized carbons (Fsp3) is 0.462. The van der Waals surface area contributed by atoms with Crippen molar-refractivity contribution in [2.45, 2.75) is 19.9 Å². The number of hydrogen-bond donors (Lipinski definition) is 1. The molecule has 1 heterocycles. The van der Waals surface area contributed by atoms with Gasteiger partial charge in [0.05, 0.1) is 11.7 Å². The number of aromatic nitrogens is 2. The summed E-state index contributed by atoms with van der Waals surface area (Å²) in [4.78, 5) is 13.5. The Kier molecular flexibility index (Phi) is 4.81. The molecule has 19 heavy (non-hydrogen) atoms. The van der Waals surface area contributed by atoms with Crippen LogP contribution in [0.1, 0.15) is 18.9 Å². The lowest BCUT2D eigenvalue weighted by Gasteiger charge is -2.16. The Balaban J connectivity index is 1.87. The van der Waals surface area contributed by atoms with E-state index in [-0.39, 0.29) is 5.91 Å². The molecule has 0 bridgehead atoms. The Bertz CT molecular complexity index is 554. The van der Waals surface area contributed by atoms with Gasteiger partial charge in [-0.05, 0) is 31.7 Å². The van der Waals surface area contributed by atoms with Gasteiger partial charge in [-0.15, -0.1) is 0 Å². The third kappa shape index (κ3) is 3.97. The number of nitrogens with one attached hydrogen (secondary N) is 1. The third-order valence-corrected chi connectivity index (χ3v) is 3.42. The molecule has 5 nitrogen and oxygen atoms in total. The molecular formula is C13H18N4OS. The minimum absolute atomic E-state index is 0.105. The second kappa shape index (κ2) is 6.58. The van der Waals surface area contributed by atoms with Crippen molar-refractivity contribution in [1.29, 1.82) is 0 Å². The number of amides is 1. The first-order valence-corrected chi connectivity index (χ1v) is 7.08. The number of nitrogens with zero attached hydrogens (tertiary/aromatic N) is 3. The highest BCUT2D eigenvalue weighted by atomic mass is 32.1. The van der Waals surface area contributed by atoms with E-state index in [2.05, 4.69) is 31.1 Å². The van der Waals surface area contributed by atoms with Gasteiger partial charge in [-0.3, -0.25) is 4.79 Å². The number of fused-ring (bicyclic) bond motifs is 1. The van der Waals surface area contributed by atoms with E-state index in [9.17, 15) is 4.79 Å². The summed E-state index contributed by atoms with van der Waals surface area (Å²) in [5, 5.41) is 2.80. The SMILES string of the molecule is CCNC(=O)CCN(C)Cc1ccc2nsnc2c1. The summed E-state index contributed by atoms with van der Waals surface area (Å²) < 4.78 is 8.42. The number of hydrogen-bond acceptors (Lipinski definition) is 5. The van der Waals surface area contributed by atoms with Gasteiger partial charge in [0.1, 0.15) is 11.0 Å². The molecule has 1 aromatic heterocycles. The molecule has 6 heteroatoms. The van der Waals surface area contributed by atoms with Crippen LogP contribution in [0.15, 0.2) is 18.2 Å². The maximum atomic E-state index is 11.4. The lowest BCUT2D eigenvalue weighted by molar-refractivity contribution is -0.121. The third-order valence-electron chi connectivity index (χ3n) is 2.87. The van der Waals surface area contributed by atoms with Crippen molar-refractivity contribution in [3.63, 3.8) is 0 Å². The summed E-state index contributed by atoms with van der Waals surface area (Å²) in [6.07, 6.45) is 0.533. The van der Waals surface area contributed by atoms with Crippen LogP contribution in [0, 0.1) is 0 Å². The van der Waals surface area contributed by atoms with Gasteiger partial charge in [-0.2, -0.15) is 8.75 Å². The summed E-state index contributed by atoms with van der Waals surface area (Å²) in [7, 11) is 2.02. The normalized spacial score (nSPS) is 11.1. The van der Waals surface area contributed by atoms with E-state index < -0.39 is 0 Å². The van der Waals surface area contributed by atoms with Crippen molar-refractivity contribution in [1.82, 2.24) is 19.0 Å². The minimum atomic E-state index is 0.105. The molecule has 0 aliphatic rings. The van der Waals surface area contributed by atoms with E-state index in [4.69, 9.17) is 0 Å². The fourth-order valence-corrected chi connectivity index (χ4v) is 2.41. The molecule has 0 aliphatic heterocycles. The summed E-state index contributed by atoms with van der Waals surface area (Å²) >= 11 is 1.23. The van der Waals surface area contributed by atoms with Gasteiger partial charge >= 0.3 is 0 Å². The van der Waals surface area contributed by atoms with Crippen LogP contribution < -0.4 is 5.32 Å². The van der Waals surface area contributed by atoms with E-state index in [0.717, 1.165) is 24.1 Å². The van der Waals surface area contributed by atoms with Crippen LogP contribution in [0.5, 0.6) is 0 Å². The molecule has 1 amide bonds. The Morgan fingerprint density at radius 1 is 1.37 bits per heavy atom. The lowest BCUT2D eigenvalue weighted by Crippen LogP contribution is -2.28. The van der Waals surface area contributed by atoms with E-state index in [1.165, 1.54) is 17.3 Å². The van der Waals surface area contributed by atoms with Crippen molar-refractivity contribution in [2.75, 3.05) is 20.1 Å². The molecular weight excluding hydrogens is 260 g/mol. The summed E-state index contributed by atoms with van der Waals surface area (Å²) in [6.45, 7) is 4.18. The molecule has 1 N–H and O–H groups in total. The molecule has 2 aromatic rings. The van der Waals surface area contributed by atoms with Gasteiger partial charge in [-0.1, -0.05) is 6.07 Å². The average molecular weight is 278 g/mol. The Morgan fingerprint density at radius 2 is 2.16 bits per heavy atom. The highest BCUT2D eigenvalue weighted by Crippen LogP contribution is 2.14. The quantitative estimate of drug-likeness (QED) is 0.873. The predicted molar refractivity (Wildman–Crippen MR) is 77.0 cm³/mol. The van der Waals surface area contributed by atoms with Crippen LogP contribution in [0.2, 0.25) is 0 Å². The van der Waals surface area contributed by atoms with Gasteiger partial charge in [0.15, 0.2) is 0 Å². The maximum absolute atomic E-state index is 11.4. The molecule has 0 aliphatic carbocycles. The zero-order valence-corrected chi connectivity index (χ0v) is 12.0. The topological polar surface area (TPSA) is 58.1 Å². The number of carbonyl (C=O) groups is 1. The van der Waals surface area contributed by atoms with Crippen molar-refractivity contribution in [3.8, 4) is 0 Å². The molecule has 0 radical (unpaired) electrons. The minimum Gasteiger partial charge on any atom is -0.356 e. The molecule has 0 atom stereocenters. The van der Waals surface area contributed by atoms with Crippen LogP contribution in [0.4, 0.5) is 0 Å². The molecule has 0 saturated carbocycles. The molecule has 2 rings (SSSR count). The summed E-state index contributed by atoms with van der Waals surface area (Å²) in [6, 6.07) is 6.11. The lowest BCUT2D eigenvalue weighted by atomic mass is 10.2. The first kappa shape index (κ1) is 13.9. The Labute approximate surface area is 117 Å². The van der Waals surface area contributed by atoms with E-state index in [1.54, 1.807) is 0 Å². The molecule has 0 spiro atoms. The largest absolute Gasteiger partial charge is 0.356 e. The number of rotatable bonds is 6. The highest BCUT2D eigenvalue weighted by Gasteiger charge is 2.06. The molecule has 0 unspecified atom stereocenters. The number of benzene rings is 1. The van der Waals surface area contributed by atoms with E-state index >= 15 is 0 Å². The maximum Gasteiger partial charge on any atom is 0.221 e. The van der Waals surface area contributed by atoms with Gasteiger partial charge in [-0.25, -0.2) is 0 Å². The smallest absolute Gasteiger partial charge is 0.221 e. The van der Waals surface area contributed by atoms with Crippen molar-refractivity contribution in [2.24, 2.45) is 0 Å². The van der Waals surface area contributed by atoms with Gasteiger partial charge in [0, 0.05) is 26.1 Å². The van der Waals surface area contributed by atoms with Gasteiger partial charge in [0.2, 0.25) is 5.91 Å². The Morgan fingerprint density at radius 3 is 2.95 bits per heavy atom. The van der Waals surface area contributed by atoms with Crippen LogP contribution in [-0.4, -0.2) is 39.7 Å². The van der Waals surface area contributed by atoms with Gasteiger partial charge < -0.3 is 10.2 Å². The van der Waals surface area contributed by atoms with Crippen molar-refractivity contribution in [3.05, 3.63) is 23.8 Å². The molecule has 1 aromatic carbocycles. The standard InChI is InChI=1S/C13H18N4OS/c1-3-14-13(18)6-7-17(2)9-10-4-5-11-12(8-10)16-19-15-11/h4-5,8H,3,6-7,9H2,1-2H3,(H,14,18). The fourth-order valence-electron chi connectivity index (χ4n) is 1.89. The summed E-state index contributed by atoms with van der Waals surface area (Å²) in [5.41, 5.74) is 3.08. The first-order valence-electron chi connectivity index (χ1n) is 6.35. The van der Waals surface area contributed by atoms with Gasteiger partial charge in [0.25, 0.3) is 0 Å². The molecule has 0 fully saturated rings. The molecule has 102 valence electrons. The second-order valence-corrected chi connectivity index (χ2v) is 5.06. The van der Waals surface area contributed by atoms with E-state index in [1.807, 2.05) is 20.0 Å². The van der Waals surface area contributed by atoms with Crippen LogP contribution in [0.3, 0.4) is 0 Å². The predicted octanol–water partition coefficient (Wildman–Crippen LogP) is 1.65. The number of carbonyl (C=O) groups excluding carboxylic acids is 1. The van der Waals surface area contributed by atoms with Crippen LogP contribution >= 0.6 is 11.7 Å². The zero-order valence-electron chi connectivity index (χ0n) is 11.2. The summed E-state index contributed by atoms with van der Waals surface area (Å²) in [5.74, 6) is 0.105. The second-order valence-electron chi connectivity index (χ2n) is 4.53.